The zero-order valence-corrected chi connectivity index (χ0v) is 11.1. The van der Waals surface area contributed by atoms with Gasteiger partial charge in [0.2, 0.25) is 11.8 Å². The molecule has 5 nitrogen and oxygen atoms in total. The summed E-state index contributed by atoms with van der Waals surface area (Å²) in [6.07, 6.45) is 4.63. The molecule has 5 heteroatoms. The molecule has 102 valence electrons. The van der Waals surface area contributed by atoms with Crippen LogP contribution in [-0.2, 0) is 9.59 Å². The molecule has 0 radical (unpaired) electrons. The van der Waals surface area contributed by atoms with Gasteiger partial charge in [-0.1, -0.05) is 0 Å². The van der Waals surface area contributed by atoms with Crippen molar-refractivity contribution in [1.82, 2.24) is 15.5 Å². The average Bonchev–Trinajstić information content (AvgIpc) is 3.18. The summed E-state index contributed by atoms with van der Waals surface area (Å²) in [5.74, 6) is 0.498. The van der Waals surface area contributed by atoms with Crippen molar-refractivity contribution in [2.75, 3.05) is 26.2 Å². The Labute approximate surface area is 108 Å². The lowest BCUT2D eigenvalue weighted by atomic mass is 9.99. The summed E-state index contributed by atoms with van der Waals surface area (Å²) < 4.78 is 0. The molecule has 1 aliphatic heterocycles. The van der Waals surface area contributed by atoms with Crippen LogP contribution in [0.15, 0.2) is 0 Å². The second-order valence-electron chi connectivity index (χ2n) is 5.40. The highest BCUT2D eigenvalue weighted by Crippen LogP contribution is 2.28. The fourth-order valence-corrected chi connectivity index (χ4v) is 2.50. The first-order chi connectivity index (χ1) is 8.66. The van der Waals surface area contributed by atoms with E-state index in [4.69, 9.17) is 0 Å². The SMILES string of the molecule is CC(=O)NCC(=O)N(CC1CCCNC1)C1CC1. The van der Waals surface area contributed by atoms with E-state index in [0.29, 0.717) is 12.0 Å². The van der Waals surface area contributed by atoms with Crippen molar-refractivity contribution in [2.24, 2.45) is 5.92 Å². The number of nitrogens with one attached hydrogen (secondary N) is 2. The van der Waals surface area contributed by atoms with Gasteiger partial charge in [0.05, 0.1) is 6.54 Å². The van der Waals surface area contributed by atoms with Gasteiger partial charge >= 0.3 is 0 Å². The standard InChI is InChI=1S/C13H23N3O2/c1-10(17)15-8-13(18)16(12-4-5-12)9-11-3-2-6-14-7-11/h11-12,14H,2-9H2,1H3,(H,15,17). The molecule has 0 aromatic heterocycles. The first-order valence-corrected chi connectivity index (χ1v) is 6.91. The Morgan fingerprint density at radius 2 is 2.11 bits per heavy atom. The number of carbonyl (C=O) groups is 2. The van der Waals surface area contributed by atoms with E-state index in [1.165, 1.54) is 19.8 Å². The summed E-state index contributed by atoms with van der Waals surface area (Å²) in [5.41, 5.74) is 0. The molecule has 2 amide bonds. The normalized spacial score (nSPS) is 23.5. The molecule has 18 heavy (non-hydrogen) atoms. The summed E-state index contributed by atoms with van der Waals surface area (Å²) >= 11 is 0. The predicted molar refractivity (Wildman–Crippen MR) is 69.0 cm³/mol. The van der Waals surface area contributed by atoms with Crippen molar-refractivity contribution in [3.63, 3.8) is 0 Å². The van der Waals surface area contributed by atoms with Crippen molar-refractivity contribution < 1.29 is 9.59 Å². The maximum absolute atomic E-state index is 12.1. The topological polar surface area (TPSA) is 61.4 Å². The van der Waals surface area contributed by atoms with Gasteiger partial charge in [0.25, 0.3) is 0 Å². The smallest absolute Gasteiger partial charge is 0.242 e. The van der Waals surface area contributed by atoms with Crippen LogP contribution in [0.5, 0.6) is 0 Å². The van der Waals surface area contributed by atoms with E-state index in [-0.39, 0.29) is 18.4 Å². The summed E-state index contributed by atoms with van der Waals surface area (Å²) in [5, 5.41) is 5.98. The van der Waals surface area contributed by atoms with E-state index in [1.54, 1.807) is 0 Å². The summed E-state index contributed by atoms with van der Waals surface area (Å²) in [6.45, 7) is 4.54. The van der Waals surface area contributed by atoms with Gasteiger partial charge in [0, 0.05) is 19.5 Å². The molecule has 1 aliphatic carbocycles. The molecule has 2 aliphatic rings. The fraction of sp³-hybridized carbons (Fsp3) is 0.846. The molecule has 1 atom stereocenters. The molecule has 1 saturated heterocycles. The third-order valence-corrected chi connectivity index (χ3v) is 3.65. The van der Waals surface area contributed by atoms with Crippen LogP contribution < -0.4 is 10.6 Å². The highest BCUT2D eigenvalue weighted by molar-refractivity contribution is 5.84. The fourth-order valence-electron chi connectivity index (χ4n) is 2.50. The molecule has 2 N–H and O–H groups in total. The lowest BCUT2D eigenvalue weighted by molar-refractivity contribution is -0.133. The summed E-state index contributed by atoms with van der Waals surface area (Å²) in [4.78, 5) is 24.9. The Hall–Kier alpha value is -1.10. The van der Waals surface area contributed by atoms with Crippen molar-refractivity contribution in [2.45, 2.75) is 38.6 Å². The van der Waals surface area contributed by atoms with Crippen LogP contribution in [0.4, 0.5) is 0 Å². The van der Waals surface area contributed by atoms with Crippen molar-refractivity contribution in [3.05, 3.63) is 0 Å². The highest BCUT2D eigenvalue weighted by Gasteiger charge is 2.33. The molecule has 1 heterocycles. The van der Waals surface area contributed by atoms with Crippen LogP contribution >= 0.6 is 0 Å². The second kappa shape index (κ2) is 6.18. The molecule has 1 saturated carbocycles. The molecule has 0 spiro atoms. The summed E-state index contributed by atoms with van der Waals surface area (Å²) in [6, 6.07) is 0.424. The number of nitrogens with zero attached hydrogens (tertiary/aromatic N) is 1. The van der Waals surface area contributed by atoms with Gasteiger partial charge in [0.15, 0.2) is 0 Å². The zero-order chi connectivity index (χ0) is 13.0. The highest BCUT2D eigenvalue weighted by atomic mass is 16.2. The molecule has 2 fully saturated rings. The zero-order valence-electron chi connectivity index (χ0n) is 11.1. The third kappa shape index (κ3) is 3.98. The van der Waals surface area contributed by atoms with E-state index < -0.39 is 0 Å². The monoisotopic (exact) mass is 253 g/mol. The van der Waals surface area contributed by atoms with Gasteiger partial charge in [-0.2, -0.15) is 0 Å². The number of piperidine rings is 1. The van der Waals surface area contributed by atoms with E-state index in [0.717, 1.165) is 32.5 Å². The van der Waals surface area contributed by atoms with E-state index in [9.17, 15) is 9.59 Å². The Bertz CT molecular complexity index is 309. The van der Waals surface area contributed by atoms with E-state index in [1.807, 2.05) is 4.90 Å². The van der Waals surface area contributed by atoms with Crippen LogP contribution in [0.25, 0.3) is 0 Å². The van der Waals surface area contributed by atoms with Crippen molar-refractivity contribution in [1.29, 1.82) is 0 Å². The van der Waals surface area contributed by atoms with Crippen LogP contribution in [0.2, 0.25) is 0 Å². The Kier molecular flexibility index (Phi) is 4.58. The number of rotatable bonds is 5. The van der Waals surface area contributed by atoms with Gasteiger partial charge in [-0.15, -0.1) is 0 Å². The number of carbonyl (C=O) groups excluding carboxylic acids is 2. The molecule has 0 bridgehead atoms. The van der Waals surface area contributed by atoms with Gasteiger partial charge in [-0.3, -0.25) is 9.59 Å². The predicted octanol–water partition coefficient (Wildman–Crippen LogP) is 0.113. The minimum absolute atomic E-state index is 0.0678. The van der Waals surface area contributed by atoms with Crippen LogP contribution in [0.1, 0.15) is 32.6 Å². The first-order valence-electron chi connectivity index (χ1n) is 6.91. The maximum Gasteiger partial charge on any atom is 0.242 e. The Morgan fingerprint density at radius 3 is 2.67 bits per heavy atom. The third-order valence-electron chi connectivity index (χ3n) is 3.65. The molecule has 0 aromatic carbocycles. The van der Waals surface area contributed by atoms with Gasteiger partial charge in [0.1, 0.15) is 0 Å². The number of amides is 2. The molecular formula is C13H23N3O2. The summed E-state index contributed by atoms with van der Waals surface area (Å²) in [7, 11) is 0. The average molecular weight is 253 g/mol. The van der Waals surface area contributed by atoms with Gasteiger partial charge < -0.3 is 15.5 Å². The largest absolute Gasteiger partial charge is 0.347 e. The number of hydrogen-bond donors (Lipinski definition) is 2. The maximum atomic E-state index is 12.1. The first kappa shape index (κ1) is 13.3. The number of hydrogen-bond acceptors (Lipinski definition) is 3. The quantitative estimate of drug-likeness (QED) is 0.731. The minimum atomic E-state index is -0.140. The lowest BCUT2D eigenvalue weighted by Crippen LogP contribution is -2.45. The Balaban J connectivity index is 1.82. The molecule has 0 aromatic rings. The molecular weight excluding hydrogens is 230 g/mol. The van der Waals surface area contributed by atoms with Gasteiger partial charge in [-0.05, 0) is 44.7 Å². The lowest BCUT2D eigenvalue weighted by Gasteiger charge is -2.30. The minimum Gasteiger partial charge on any atom is -0.347 e. The van der Waals surface area contributed by atoms with Crippen molar-refractivity contribution in [3.8, 4) is 0 Å². The van der Waals surface area contributed by atoms with E-state index >= 15 is 0 Å². The van der Waals surface area contributed by atoms with Crippen LogP contribution in [0.3, 0.4) is 0 Å². The molecule has 1 unspecified atom stereocenters. The van der Waals surface area contributed by atoms with E-state index in [2.05, 4.69) is 10.6 Å². The van der Waals surface area contributed by atoms with Gasteiger partial charge in [-0.25, -0.2) is 0 Å². The Morgan fingerprint density at radius 1 is 1.33 bits per heavy atom. The van der Waals surface area contributed by atoms with Crippen LogP contribution in [0, 0.1) is 5.92 Å². The van der Waals surface area contributed by atoms with Crippen LogP contribution in [-0.4, -0.2) is 48.9 Å². The second-order valence-corrected chi connectivity index (χ2v) is 5.40. The van der Waals surface area contributed by atoms with Crippen molar-refractivity contribution >= 4 is 11.8 Å². The molecule has 2 rings (SSSR count).